The number of ether oxygens (including phenoxy) is 1. The Morgan fingerprint density at radius 2 is 1.89 bits per heavy atom. The number of rotatable bonds is 8. The van der Waals surface area contributed by atoms with Crippen molar-refractivity contribution < 1.29 is 19.4 Å². The van der Waals surface area contributed by atoms with E-state index in [9.17, 15) is 9.59 Å². The van der Waals surface area contributed by atoms with Gasteiger partial charge >= 0.3 is 12.0 Å². The number of hydrogen-bond donors (Lipinski definition) is 2. The van der Waals surface area contributed by atoms with Crippen molar-refractivity contribution in [3.05, 3.63) is 29.3 Å². The van der Waals surface area contributed by atoms with Crippen molar-refractivity contribution in [1.82, 2.24) is 15.1 Å². The summed E-state index contributed by atoms with van der Waals surface area (Å²) in [6.07, 6.45) is 1.59. The zero-order valence-electron chi connectivity index (χ0n) is 17.4. The smallest absolute Gasteiger partial charge is 0.317 e. The highest BCUT2D eigenvalue weighted by molar-refractivity contribution is 5.74. The molecule has 0 saturated carbocycles. The molecule has 1 unspecified atom stereocenters. The fourth-order valence-corrected chi connectivity index (χ4v) is 3.69. The van der Waals surface area contributed by atoms with Crippen molar-refractivity contribution in [2.24, 2.45) is 0 Å². The lowest BCUT2D eigenvalue weighted by molar-refractivity contribution is -0.139. The first kappa shape index (κ1) is 22.0. The first-order valence-corrected chi connectivity index (χ1v) is 10.0. The molecule has 1 aliphatic rings. The van der Waals surface area contributed by atoms with Crippen LogP contribution in [0.1, 0.15) is 37.8 Å². The molecule has 1 heterocycles. The normalized spacial score (nSPS) is 16.1. The topological polar surface area (TPSA) is 82.1 Å². The first-order valence-electron chi connectivity index (χ1n) is 10.0. The van der Waals surface area contributed by atoms with E-state index in [1.807, 2.05) is 50.8 Å². The number of piperidine rings is 1. The van der Waals surface area contributed by atoms with Gasteiger partial charge in [0.1, 0.15) is 12.4 Å². The van der Waals surface area contributed by atoms with E-state index in [0.717, 1.165) is 29.7 Å². The van der Waals surface area contributed by atoms with Gasteiger partial charge in [-0.15, -0.1) is 0 Å². The number of carbonyl (C=O) groups is 2. The van der Waals surface area contributed by atoms with E-state index in [2.05, 4.69) is 5.32 Å². The highest BCUT2D eigenvalue weighted by atomic mass is 16.5. The summed E-state index contributed by atoms with van der Waals surface area (Å²) in [5, 5.41) is 12.0. The van der Waals surface area contributed by atoms with Crippen LogP contribution in [0.15, 0.2) is 18.2 Å². The number of hydrogen-bond acceptors (Lipinski definition) is 4. The molecule has 1 aromatic rings. The average Bonchev–Trinajstić information content (AvgIpc) is 2.65. The van der Waals surface area contributed by atoms with Crippen LogP contribution in [0, 0.1) is 13.8 Å². The van der Waals surface area contributed by atoms with Gasteiger partial charge in [0, 0.05) is 19.1 Å². The Morgan fingerprint density at radius 3 is 2.43 bits per heavy atom. The predicted octanol–water partition coefficient (Wildman–Crippen LogP) is 2.65. The standard InChI is InChI=1S/C21H33N3O4/c1-5-23(13-19(25)26)18-9-11-24(12-10-18)21(27)22-17(4)14-28-20-15(2)7-6-8-16(20)3/h6-8,17-18H,5,9-14H2,1-4H3,(H,22,27)(H,25,26). The first-order chi connectivity index (χ1) is 13.3. The molecule has 0 aliphatic carbocycles. The minimum absolute atomic E-state index is 0.0556. The van der Waals surface area contributed by atoms with Gasteiger partial charge in [0.05, 0.1) is 12.6 Å². The number of nitrogens with zero attached hydrogens (tertiary/aromatic N) is 2. The number of carboxylic acids is 1. The van der Waals surface area contributed by atoms with E-state index >= 15 is 0 Å². The van der Waals surface area contributed by atoms with Crippen LogP contribution in [0.25, 0.3) is 0 Å². The van der Waals surface area contributed by atoms with Crippen LogP contribution in [0.2, 0.25) is 0 Å². The molecule has 2 N–H and O–H groups in total. The van der Waals surface area contributed by atoms with Gasteiger partial charge in [-0.25, -0.2) is 4.79 Å². The molecule has 0 spiro atoms. The highest BCUT2D eigenvalue weighted by Crippen LogP contribution is 2.22. The average molecular weight is 392 g/mol. The molecule has 28 heavy (non-hydrogen) atoms. The summed E-state index contributed by atoms with van der Waals surface area (Å²) in [6, 6.07) is 6.05. The number of para-hydroxylation sites is 1. The Morgan fingerprint density at radius 1 is 1.29 bits per heavy atom. The molecule has 1 aromatic carbocycles. The third-order valence-electron chi connectivity index (χ3n) is 5.27. The number of urea groups is 1. The third-order valence-corrected chi connectivity index (χ3v) is 5.27. The van der Waals surface area contributed by atoms with Crippen LogP contribution in [-0.4, -0.2) is 71.8 Å². The lowest BCUT2D eigenvalue weighted by Gasteiger charge is -2.37. The van der Waals surface area contributed by atoms with Crippen LogP contribution < -0.4 is 10.1 Å². The fourth-order valence-electron chi connectivity index (χ4n) is 3.69. The quantitative estimate of drug-likeness (QED) is 0.712. The van der Waals surface area contributed by atoms with E-state index in [-0.39, 0.29) is 24.7 Å². The molecule has 2 amide bonds. The number of aliphatic carboxylic acids is 1. The maximum Gasteiger partial charge on any atom is 0.317 e. The second-order valence-electron chi connectivity index (χ2n) is 7.56. The highest BCUT2D eigenvalue weighted by Gasteiger charge is 2.27. The van der Waals surface area contributed by atoms with E-state index in [4.69, 9.17) is 9.84 Å². The molecule has 0 radical (unpaired) electrons. The summed E-state index contributed by atoms with van der Waals surface area (Å²) in [6.45, 7) is 10.4. The Labute approximate surface area is 167 Å². The number of amides is 2. The van der Waals surface area contributed by atoms with Gasteiger partial charge in [-0.1, -0.05) is 25.1 Å². The van der Waals surface area contributed by atoms with E-state index in [1.54, 1.807) is 4.90 Å². The summed E-state index contributed by atoms with van der Waals surface area (Å²) >= 11 is 0. The minimum atomic E-state index is -0.806. The van der Waals surface area contributed by atoms with Gasteiger partial charge in [-0.05, 0) is 51.3 Å². The Hall–Kier alpha value is -2.28. The van der Waals surface area contributed by atoms with Crippen LogP contribution in [-0.2, 0) is 4.79 Å². The fraction of sp³-hybridized carbons (Fsp3) is 0.619. The number of benzene rings is 1. The number of carboxylic acid groups (broad SMARTS) is 1. The van der Waals surface area contributed by atoms with Gasteiger partial charge in [0.2, 0.25) is 0 Å². The van der Waals surface area contributed by atoms with Crippen LogP contribution in [0.5, 0.6) is 5.75 Å². The number of likely N-dealkylation sites (N-methyl/N-ethyl adjacent to an activating group) is 1. The number of nitrogens with one attached hydrogen (secondary N) is 1. The minimum Gasteiger partial charge on any atom is -0.491 e. The van der Waals surface area contributed by atoms with E-state index in [1.165, 1.54) is 0 Å². The van der Waals surface area contributed by atoms with Crippen LogP contribution in [0.4, 0.5) is 4.79 Å². The Balaban J connectivity index is 1.78. The molecule has 156 valence electrons. The molecule has 7 nitrogen and oxygen atoms in total. The van der Waals surface area contributed by atoms with Gasteiger partial charge in [0.15, 0.2) is 0 Å². The summed E-state index contributed by atoms with van der Waals surface area (Å²) in [7, 11) is 0. The zero-order chi connectivity index (χ0) is 20.7. The molecule has 1 atom stereocenters. The van der Waals surface area contributed by atoms with Crippen molar-refractivity contribution in [3.63, 3.8) is 0 Å². The van der Waals surface area contributed by atoms with Crippen molar-refractivity contribution in [2.45, 2.75) is 52.6 Å². The lowest BCUT2D eigenvalue weighted by atomic mass is 10.0. The predicted molar refractivity (Wildman–Crippen MR) is 109 cm³/mol. The maximum atomic E-state index is 12.5. The monoisotopic (exact) mass is 391 g/mol. The molecule has 1 aliphatic heterocycles. The SMILES string of the molecule is CCN(CC(=O)O)C1CCN(C(=O)NC(C)COc2c(C)cccc2C)CC1. The number of aryl methyl sites for hydroxylation is 2. The van der Waals surface area contributed by atoms with Crippen LogP contribution >= 0.6 is 0 Å². The Bertz CT molecular complexity index is 651. The molecular formula is C21H33N3O4. The zero-order valence-corrected chi connectivity index (χ0v) is 17.4. The summed E-state index contributed by atoms with van der Waals surface area (Å²) in [4.78, 5) is 27.3. The van der Waals surface area contributed by atoms with Crippen molar-refractivity contribution in [1.29, 1.82) is 0 Å². The number of carbonyl (C=O) groups excluding carboxylic acids is 1. The molecule has 2 rings (SSSR count). The molecule has 0 bridgehead atoms. The number of likely N-dealkylation sites (tertiary alicyclic amines) is 1. The molecule has 7 heteroatoms. The van der Waals surface area contributed by atoms with Gasteiger partial charge in [-0.3, -0.25) is 9.69 Å². The van der Waals surface area contributed by atoms with Crippen LogP contribution in [0.3, 0.4) is 0 Å². The lowest BCUT2D eigenvalue weighted by Crippen LogP contribution is -2.52. The Kier molecular flexibility index (Phi) is 8.11. The maximum absolute atomic E-state index is 12.5. The summed E-state index contributed by atoms with van der Waals surface area (Å²) in [5.41, 5.74) is 2.17. The second kappa shape index (κ2) is 10.3. The third kappa shape index (κ3) is 6.12. The van der Waals surface area contributed by atoms with Crippen molar-refractivity contribution in [3.8, 4) is 5.75 Å². The second-order valence-corrected chi connectivity index (χ2v) is 7.56. The summed E-state index contributed by atoms with van der Waals surface area (Å²) < 4.78 is 5.92. The molecule has 1 saturated heterocycles. The molecule has 0 aromatic heterocycles. The summed E-state index contributed by atoms with van der Waals surface area (Å²) in [5.74, 6) is 0.0715. The van der Waals surface area contributed by atoms with Gasteiger partial charge < -0.3 is 20.1 Å². The molecule has 1 fully saturated rings. The largest absolute Gasteiger partial charge is 0.491 e. The van der Waals surface area contributed by atoms with Gasteiger partial charge in [0.25, 0.3) is 0 Å². The van der Waals surface area contributed by atoms with Crippen molar-refractivity contribution in [2.75, 3.05) is 32.8 Å². The molecular weight excluding hydrogens is 358 g/mol. The van der Waals surface area contributed by atoms with Gasteiger partial charge in [-0.2, -0.15) is 0 Å². The van der Waals surface area contributed by atoms with E-state index < -0.39 is 5.97 Å². The van der Waals surface area contributed by atoms with Crippen molar-refractivity contribution >= 4 is 12.0 Å². The van der Waals surface area contributed by atoms with E-state index in [0.29, 0.717) is 26.2 Å².